The largest absolute Gasteiger partial charge is 0.573 e. The van der Waals surface area contributed by atoms with Gasteiger partial charge >= 0.3 is 6.36 Å². The Morgan fingerprint density at radius 3 is 2.45 bits per heavy atom. The van der Waals surface area contributed by atoms with Crippen LogP contribution in [0.15, 0.2) is 36.5 Å². The van der Waals surface area contributed by atoms with Gasteiger partial charge in [-0.15, -0.1) is 13.2 Å². The Bertz CT molecular complexity index is 829. The first-order valence-electron chi connectivity index (χ1n) is 9.21. The molecule has 2 aromatic rings. The first-order valence-corrected chi connectivity index (χ1v) is 9.21. The second kappa shape index (κ2) is 9.15. The van der Waals surface area contributed by atoms with E-state index >= 15 is 0 Å². The van der Waals surface area contributed by atoms with Gasteiger partial charge in [-0.25, -0.2) is 4.98 Å². The highest BCUT2D eigenvalue weighted by molar-refractivity contribution is 5.90. The van der Waals surface area contributed by atoms with Crippen molar-refractivity contribution in [2.45, 2.75) is 53.3 Å². The monoisotopic (exact) mass is 410 g/mol. The molecule has 1 aromatic heterocycles. The van der Waals surface area contributed by atoms with Crippen LogP contribution in [0.2, 0.25) is 0 Å². The summed E-state index contributed by atoms with van der Waals surface area (Å²) in [6.07, 6.45) is -1.20. The number of benzene rings is 1. The van der Waals surface area contributed by atoms with Crippen molar-refractivity contribution in [3.8, 4) is 17.4 Å². The lowest BCUT2D eigenvalue weighted by atomic mass is 9.90. The van der Waals surface area contributed by atoms with Crippen LogP contribution in [0.3, 0.4) is 0 Å². The SMILES string of the molecule is Cc1ccc(Oc2ccc(NC(=O)CCCC(C)(C)C)cn2)cc1OC(F)(F)F. The van der Waals surface area contributed by atoms with Crippen LogP contribution in [0.5, 0.6) is 17.4 Å². The Balaban J connectivity index is 1.94. The molecule has 0 fully saturated rings. The van der Waals surface area contributed by atoms with E-state index in [-0.39, 0.29) is 28.7 Å². The van der Waals surface area contributed by atoms with E-state index in [1.54, 1.807) is 6.07 Å². The van der Waals surface area contributed by atoms with Crippen LogP contribution in [0, 0.1) is 12.3 Å². The number of nitrogens with zero attached hydrogens (tertiary/aromatic N) is 1. The molecular weight excluding hydrogens is 385 g/mol. The van der Waals surface area contributed by atoms with Crippen molar-refractivity contribution in [1.82, 2.24) is 4.98 Å². The summed E-state index contributed by atoms with van der Waals surface area (Å²) in [6, 6.07) is 7.27. The number of hydrogen-bond acceptors (Lipinski definition) is 4. The number of alkyl halides is 3. The molecule has 0 unspecified atom stereocenters. The van der Waals surface area contributed by atoms with Gasteiger partial charge in [0.1, 0.15) is 11.5 Å². The Labute approximate surface area is 168 Å². The van der Waals surface area contributed by atoms with E-state index < -0.39 is 6.36 Å². The molecule has 1 N–H and O–H groups in total. The lowest BCUT2D eigenvalue weighted by molar-refractivity contribution is -0.274. The van der Waals surface area contributed by atoms with Gasteiger partial charge in [-0.2, -0.15) is 0 Å². The van der Waals surface area contributed by atoms with E-state index in [0.29, 0.717) is 17.7 Å². The summed E-state index contributed by atoms with van der Waals surface area (Å²) in [5.41, 5.74) is 1.03. The van der Waals surface area contributed by atoms with Gasteiger partial charge in [-0.3, -0.25) is 4.79 Å². The number of aryl methyl sites for hydroxylation is 1. The normalized spacial score (nSPS) is 11.8. The highest BCUT2D eigenvalue weighted by atomic mass is 19.4. The molecule has 0 atom stereocenters. The molecule has 0 saturated heterocycles. The highest BCUT2D eigenvalue weighted by Gasteiger charge is 2.31. The third kappa shape index (κ3) is 8.41. The van der Waals surface area contributed by atoms with Crippen molar-refractivity contribution in [2.75, 3.05) is 5.32 Å². The van der Waals surface area contributed by atoms with Crippen LogP contribution in [0.1, 0.15) is 45.6 Å². The topological polar surface area (TPSA) is 60.5 Å². The summed E-state index contributed by atoms with van der Waals surface area (Å²) in [7, 11) is 0. The van der Waals surface area contributed by atoms with Gasteiger partial charge in [0, 0.05) is 18.6 Å². The van der Waals surface area contributed by atoms with Gasteiger partial charge in [0.25, 0.3) is 0 Å². The van der Waals surface area contributed by atoms with Crippen LogP contribution >= 0.6 is 0 Å². The van der Waals surface area contributed by atoms with Crippen LogP contribution in [0.4, 0.5) is 18.9 Å². The summed E-state index contributed by atoms with van der Waals surface area (Å²) in [6.45, 7) is 7.88. The van der Waals surface area contributed by atoms with E-state index in [2.05, 4.69) is 35.8 Å². The van der Waals surface area contributed by atoms with E-state index in [1.165, 1.54) is 31.3 Å². The molecule has 0 bridgehead atoms. The number of aromatic nitrogens is 1. The smallest absolute Gasteiger partial charge is 0.439 e. The Morgan fingerprint density at radius 2 is 1.86 bits per heavy atom. The number of ether oxygens (including phenoxy) is 2. The van der Waals surface area contributed by atoms with Crippen LogP contribution in [-0.2, 0) is 4.79 Å². The molecular formula is C21H25F3N2O3. The number of nitrogens with one attached hydrogen (secondary N) is 1. The average molecular weight is 410 g/mol. The van der Waals surface area contributed by atoms with E-state index in [4.69, 9.17) is 4.74 Å². The number of carbonyl (C=O) groups excluding carboxylic acids is 1. The molecule has 1 heterocycles. The number of hydrogen-bond donors (Lipinski definition) is 1. The summed E-state index contributed by atoms with van der Waals surface area (Å²) >= 11 is 0. The average Bonchev–Trinajstić information content (AvgIpc) is 2.57. The molecule has 0 aliphatic rings. The fourth-order valence-electron chi connectivity index (χ4n) is 2.52. The molecule has 1 aromatic carbocycles. The zero-order chi connectivity index (χ0) is 21.7. The number of amides is 1. The molecule has 0 aliphatic heterocycles. The molecule has 2 rings (SSSR count). The van der Waals surface area contributed by atoms with Crippen molar-refractivity contribution in [1.29, 1.82) is 0 Å². The third-order valence-electron chi connectivity index (χ3n) is 3.96. The first-order chi connectivity index (χ1) is 13.4. The molecule has 158 valence electrons. The lowest BCUT2D eigenvalue weighted by Gasteiger charge is -2.17. The van der Waals surface area contributed by atoms with Gasteiger partial charge in [-0.1, -0.05) is 26.8 Å². The Hall–Kier alpha value is -2.77. The molecule has 0 radical (unpaired) electrons. The molecule has 8 heteroatoms. The summed E-state index contributed by atoms with van der Waals surface area (Å²) in [5.74, 6) is -0.106. The lowest BCUT2D eigenvalue weighted by Crippen LogP contribution is -2.17. The number of halogens is 3. The maximum absolute atomic E-state index is 12.5. The highest BCUT2D eigenvalue weighted by Crippen LogP contribution is 2.31. The standard InChI is InChI=1S/C21H25F3N2O3/c1-14-7-9-16(12-17(14)29-21(22,23)24)28-19-10-8-15(13-25-19)26-18(27)6-5-11-20(2,3)4/h7-10,12-13H,5-6,11H2,1-4H3,(H,26,27). The van der Waals surface area contributed by atoms with Crippen molar-refractivity contribution < 1.29 is 27.4 Å². The second-order valence-electron chi connectivity index (χ2n) is 7.92. The molecule has 0 aliphatic carbocycles. The van der Waals surface area contributed by atoms with Crippen LogP contribution in [-0.4, -0.2) is 17.3 Å². The van der Waals surface area contributed by atoms with E-state index in [0.717, 1.165) is 18.9 Å². The molecule has 5 nitrogen and oxygen atoms in total. The van der Waals surface area contributed by atoms with Crippen molar-refractivity contribution in [3.63, 3.8) is 0 Å². The fraction of sp³-hybridized carbons (Fsp3) is 0.429. The zero-order valence-electron chi connectivity index (χ0n) is 16.9. The van der Waals surface area contributed by atoms with Gasteiger partial charge in [0.15, 0.2) is 0 Å². The van der Waals surface area contributed by atoms with Gasteiger partial charge in [0.05, 0.1) is 11.9 Å². The summed E-state index contributed by atoms with van der Waals surface area (Å²) < 4.78 is 46.8. The molecule has 1 amide bonds. The minimum Gasteiger partial charge on any atom is -0.439 e. The third-order valence-corrected chi connectivity index (χ3v) is 3.96. The van der Waals surface area contributed by atoms with Crippen molar-refractivity contribution >= 4 is 11.6 Å². The Morgan fingerprint density at radius 1 is 1.14 bits per heavy atom. The second-order valence-corrected chi connectivity index (χ2v) is 7.92. The minimum absolute atomic E-state index is 0.0998. The fourth-order valence-corrected chi connectivity index (χ4v) is 2.52. The van der Waals surface area contributed by atoms with Gasteiger partial charge in [-0.05, 0) is 42.9 Å². The minimum atomic E-state index is -4.78. The maximum atomic E-state index is 12.5. The maximum Gasteiger partial charge on any atom is 0.573 e. The Kier molecular flexibility index (Phi) is 7.11. The molecule has 29 heavy (non-hydrogen) atoms. The molecule has 0 spiro atoms. The number of rotatable bonds is 7. The molecule has 0 saturated carbocycles. The van der Waals surface area contributed by atoms with Crippen molar-refractivity contribution in [2.24, 2.45) is 5.41 Å². The van der Waals surface area contributed by atoms with Crippen LogP contribution < -0.4 is 14.8 Å². The number of pyridine rings is 1. The number of carbonyl (C=O) groups is 1. The van der Waals surface area contributed by atoms with Gasteiger partial charge < -0.3 is 14.8 Å². The van der Waals surface area contributed by atoms with Crippen molar-refractivity contribution in [3.05, 3.63) is 42.1 Å². The first kappa shape index (κ1) is 22.5. The van der Waals surface area contributed by atoms with Gasteiger partial charge in [0.2, 0.25) is 11.8 Å². The predicted octanol–water partition coefficient (Wildman–Crippen LogP) is 6.24. The van der Waals surface area contributed by atoms with E-state index in [9.17, 15) is 18.0 Å². The summed E-state index contributed by atoms with van der Waals surface area (Å²) in [5, 5.41) is 2.76. The zero-order valence-corrected chi connectivity index (χ0v) is 16.9. The quantitative estimate of drug-likeness (QED) is 0.587. The van der Waals surface area contributed by atoms with Crippen LogP contribution in [0.25, 0.3) is 0 Å². The summed E-state index contributed by atoms with van der Waals surface area (Å²) in [4.78, 5) is 16.1. The predicted molar refractivity (Wildman–Crippen MR) is 104 cm³/mol. The number of anilines is 1. The van der Waals surface area contributed by atoms with E-state index in [1.807, 2.05) is 0 Å².